The van der Waals surface area contributed by atoms with E-state index < -0.39 is 0 Å². The number of hydrogen-bond acceptors (Lipinski definition) is 5. The lowest BCUT2D eigenvalue weighted by atomic mass is 10.1. The minimum Gasteiger partial charge on any atom is -0.370 e. The summed E-state index contributed by atoms with van der Waals surface area (Å²) in [7, 11) is 0. The molecule has 0 aliphatic carbocycles. The molecule has 0 fully saturated rings. The zero-order valence-corrected chi connectivity index (χ0v) is 12.1. The molecule has 2 aromatic heterocycles. The quantitative estimate of drug-likeness (QED) is 0.765. The molecule has 0 radical (unpaired) electrons. The summed E-state index contributed by atoms with van der Waals surface area (Å²) in [6.45, 7) is 2.99. The second-order valence-corrected chi connectivity index (χ2v) is 5.48. The number of rotatable bonds is 4. The third kappa shape index (κ3) is 2.44. The largest absolute Gasteiger partial charge is 0.370 e. The average molecular weight is 284 g/mol. The van der Waals surface area contributed by atoms with Gasteiger partial charge in [-0.1, -0.05) is 25.1 Å². The van der Waals surface area contributed by atoms with Gasteiger partial charge in [0.05, 0.1) is 5.69 Å². The van der Waals surface area contributed by atoms with Crippen LogP contribution in [0, 0.1) is 0 Å². The van der Waals surface area contributed by atoms with E-state index in [4.69, 9.17) is 5.73 Å². The predicted octanol–water partition coefficient (Wildman–Crippen LogP) is 3.76. The van der Waals surface area contributed by atoms with Crippen LogP contribution in [0.25, 0.3) is 21.3 Å². The van der Waals surface area contributed by atoms with Crippen molar-refractivity contribution < 1.29 is 0 Å². The molecule has 5 heteroatoms. The summed E-state index contributed by atoms with van der Waals surface area (Å²) in [5, 5.41) is 6.58. The maximum absolute atomic E-state index is 5.82. The molecular weight excluding hydrogens is 268 g/mol. The molecule has 0 saturated heterocycles. The second kappa shape index (κ2) is 5.46. The van der Waals surface area contributed by atoms with E-state index in [0.29, 0.717) is 5.95 Å². The third-order valence-corrected chi connectivity index (χ3v) is 4.02. The molecule has 0 unspecified atom stereocenters. The van der Waals surface area contributed by atoms with Gasteiger partial charge in [-0.2, -0.15) is 4.98 Å². The van der Waals surface area contributed by atoms with Crippen LogP contribution in [-0.4, -0.2) is 16.5 Å². The van der Waals surface area contributed by atoms with Crippen LogP contribution >= 0.6 is 11.3 Å². The average Bonchev–Trinajstić information content (AvgIpc) is 2.88. The summed E-state index contributed by atoms with van der Waals surface area (Å²) >= 11 is 1.72. The highest BCUT2D eigenvalue weighted by atomic mass is 32.1. The zero-order chi connectivity index (χ0) is 13.9. The lowest BCUT2D eigenvalue weighted by molar-refractivity contribution is 0.967. The molecular formula is C15H16N4S. The highest BCUT2D eigenvalue weighted by molar-refractivity contribution is 7.17. The first-order valence-corrected chi connectivity index (χ1v) is 7.51. The molecule has 0 aliphatic heterocycles. The van der Waals surface area contributed by atoms with Crippen molar-refractivity contribution in [3.63, 3.8) is 0 Å². The van der Waals surface area contributed by atoms with Crippen LogP contribution in [-0.2, 0) is 0 Å². The van der Waals surface area contributed by atoms with Crippen LogP contribution in [0.3, 0.4) is 0 Å². The Morgan fingerprint density at radius 1 is 1.25 bits per heavy atom. The Balaban J connectivity index is 2.07. The minimum absolute atomic E-state index is 0.302. The van der Waals surface area contributed by atoms with Crippen molar-refractivity contribution >= 4 is 33.2 Å². The van der Waals surface area contributed by atoms with Crippen molar-refractivity contribution in [3.8, 4) is 11.3 Å². The Hall–Kier alpha value is -2.14. The molecule has 2 heterocycles. The monoisotopic (exact) mass is 284 g/mol. The number of nitrogens with zero attached hydrogens (tertiary/aromatic N) is 2. The van der Waals surface area contributed by atoms with Gasteiger partial charge in [0.1, 0.15) is 5.82 Å². The number of anilines is 2. The molecule has 0 amide bonds. The summed E-state index contributed by atoms with van der Waals surface area (Å²) in [5.41, 5.74) is 7.80. The lowest BCUT2D eigenvalue weighted by Gasteiger charge is -2.07. The third-order valence-electron chi connectivity index (χ3n) is 3.06. The fourth-order valence-corrected chi connectivity index (χ4v) is 3.08. The second-order valence-electron chi connectivity index (χ2n) is 4.57. The van der Waals surface area contributed by atoms with E-state index in [2.05, 4.69) is 39.7 Å². The first-order valence-electron chi connectivity index (χ1n) is 6.63. The van der Waals surface area contributed by atoms with Gasteiger partial charge in [-0.3, -0.25) is 0 Å². The molecule has 0 atom stereocenters. The molecule has 3 N–H and O–H groups in total. The Bertz CT molecular complexity index is 736. The molecule has 0 saturated carbocycles. The van der Waals surface area contributed by atoms with Crippen molar-refractivity contribution in [1.29, 1.82) is 0 Å². The number of nitrogen functional groups attached to an aromatic ring is 1. The van der Waals surface area contributed by atoms with E-state index in [1.165, 1.54) is 10.1 Å². The number of aromatic nitrogens is 2. The molecule has 1 aromatic carbocycles. The van der Waals surface area contributed by atoms with Gasteiger partial charge in [0.2, 0.25) is 5.95 Å². The van der Waals surface area contributed by atoms with Crippen LogP contribution in [0.15, 0.2) is 35.7 Å². The van der Waals surface area contributed by atoms with Crippen LogP contribution < -0.4 is 11.1 Å². The smallest absolute Gasteiger partial charge is 0.222 e. The minimum atomic E-state index is 0.302. The van der Waals surface area contributed by atoms with Gasteiger partial charge in [-0.05, 0) is 12.5 Å². The molecule has 20 heavy (non-hydrogen) atoms. The standard InChI is InChI=1S/C15H16N4S/c1-2-7-17-14-8-12(18-15(16)19-14)11-9-20-13-6-4-3-5-10(11)13/h3-6,8-9H,2,7H2,1H3,(H3,16,17,18,19). The summed E-state index contributed by atoms with van der Waals surface area (Å²) in [5.74, 6) is 1.08. The van der Waals surface area contributed by atoms with Crippen LogP contribution in [0.1, 0.15) is 13.3 Å². The topological polar surface area (TPSA) is 63.8 Å². The number of thiophene rings is 1. The Labute approximate surface area is 121 Å². The highest BCUT2D eigenvalue weighted by Crippen LogP contribution is 2.33. The van der Waals surface area contributed by atoms with E-state index >= 15 is 0 Å². The molecule has 0 spiro atoms. The van der Waals surface area contributed by atoms with E-state index in [1.807, 2.05) is 18.2 Å². The zero-order valence-electron chi connectivity index (χ0n) is 11.3. The molecule has 4 nitrogen and oxygen atoms in total. The summed E-state index contributed by atoms with van der Waals surface area (Å²) in [4.78, 5) is 8.59. The van der Waals surface area contributed by atoms with E-state index in [1.54, 1.807) is 11.3 Å². The van der Waals surface area contributed by atoms with E-state index in [0.717, 1.165) is 30.0 Å². The van der Waals surface area contributed by atoms with Crippen molar-refractivity contribution in [2.75, 3.05) is 17.6 Å². The van der Waals surface area contributed by atoms with Gasteiger partial charge in [0.25, 0.3) is 0 Å². The summed E-state index contributed by atoms with van der Waals surface area (Å²) in [6, 6.07) is 10.3. The van der Waals surface area contributed by atoms with Gasteiger partial charge < -0.3 is 11.1 Å². The number of nitrogens with two attached hydrogens (primary N) is 1. The van der Waals surface area contributed by atoms with Gasteiger partial charge in [-0.15, -0.1) is 11.3 Å². The molecule has 0 aliphatic rings. The van der Waals surface area contributed by atoms with Crippen molar-refractivity contribution in [2.45, 2.75) is 13.3 Å². The van der Waals surface area contributed by atoms with Crippen molar-refractivity contribution in [1.82, 2.24) is 9.97 Å². The summed E-state index contributed by atoms with van der Waals surface area (Å²) in [6.07, 6.45) is 1.04. The van der Waals surface area contributed by atoms with E-state index in [-0.39, 0.29) is 0 Å². The first kappa shape index (κ1) is 12.9. The van der Waals surface area contributed by atoms with Crippen molar-refractivity contribution in [3.05, 3.63) is 35.7 Å². The predicted molar refractivity (Wildman–Crippen MR) is 86.0 cm³/mol. The molecule has 102 valence electrons. The lowest BCUT2D eigenvalue weighted by Crippen LogP contribution is -2.05. The van der Waals surface area contributed by atoms with Gasteiger partial charge in [0.15, 0.2) is 0 Å². The first-order chi connectivity index (χ1) is 9.78. The Morgan fingerprint density at radius 3 is 2.95 bits per heavy atom. The maximum atomic E-state index is 5.82. The highest BCUT2D eigenvalue weighted by Gasteiger charge is 2.09. The number of benzene rings is 1. The molecule has 3 aromatic rings. The van der Waals surface area contributed by atoms with Crippen LogP contribution in [0.2, 0.25) is 0 Å². The maximum Gasteiger partial charge on any atom is 0.222 e. The fourth-order valence-electron chi connectivity index (χ4n) is 2.12. The summed E-state index contributed by atoms with van der Waals surface area (Å²) < 4.78 is 1.25. The molecule has 3 rings (SSSR count). The van der Waals surface area contributed by atoms with Gasteiger partial charge in [0, 0.05) is 33.6 Å². The molecule has 0 bridgehead atoms. The van der Waals surface area contributed by atoms with Gasteiger partial charge in [-0.25, -0.2) is 4.98 Å². The number of fused-ring (bicyclic) bond motifs is 1. The van der Waals surface area contributed by atoms with Crippen LogP contribution in [0.4, 0.5) is 11.8 Å². The normalized spacial score (nSPS) is 10.8. The SMILES string of the molecule is CCCNc1cc(-c2csc3ccccc23)nc(N)n1. The van der Waals surface area contributed by atoms with Crippen LogP contribution in [0.5, 0.6) is 0 Å². The Kier molecular flexibility index (Phi) is 3.52. The van der Waals surface area contributed by atoms with Crippen molar-refractivity contribution in [2.24, 2.45) is 0 Å². The van der Waals surface area contributed by atoms with Gasteiger partial charge >= 0.3 is 0 Å². The Morgan fingerprint density at radius 2 is 2.10 bits per heavy atom. The van der Waals surface area contributed by atoms with E-state index in [9.17, 15) is 0 Å². The fraction of sp³-hybridized carbons (Fsp3) is 0.200. The number of nitrogens with one attached hydrogen (secondary N) is 1. The number of hydrogen-bond donors (Lipinski definition) is 2.